The van der Waals surface area contributed by atoms with E-state index in [1.54, 1.807) is 25.3 Å². The molecular weight excluding hydrogens is 392 g/mol. The van der Waals surface area contributed by atoms with Crippen LogP contribution in [0.5, 0.6) is 5.75 Å². The maximum Gasteiger partial charge on any atom is 0.225 e. The zero-order valence-corrected chi connectivity index (χ0v) is 18.4. The lowest BCUT2D eigenvalue weighted by atomic mass is 10.1. The van der Waals surface area contributed by atoms with Gasteiger partial charge in [-0.05, 0) is 51.8 Å². The van der Waals surface area contributed by atoms with Crippen LogP contribution in [0.2, 0.25) is 0 Å². The van der Waals surface area contributed by atoms with Crippen molar-refractivity contribution >= 4 is 28.1 Å². The molecule has 4 heterocycles. The Labute approximate surface area is 181 Å². The van der Waals surface area contributed by atoms with E-state index in [9.17, 15) is 5.11 Å². The summed E-state index contributed by atoms with van der Waals surface area (Å²) >= 11 is 0. The van der Waals surface area contributed by atoms with Gasteiger partial charge in [-0.15, -0.1) is 0 Å². The second-order valence-electron chi connectivity index (χ2n) is 8.90. The summed E-state index contributed by atoms with van der Waals surface area (Å²) in [6, 6.07) is 7.12. The fourth-order valence-corrected chi connectivity index (χ4v) is 3.42. The molecule has 162 valence electrons. The van der Waals surface area contributed by atoms with Gasteiger partial charge in [0.15, 0.2) is 11.5 Å². The van der Waals surface area contributed by atoms with Crippen LogP contribution in [-0.4, -0.2) is 43.7 Å². The average molecular weight is 421 g/mol. The van der Waals surface area contributed by atoms with Crippen LogP contribution in [0, 0.1) is 6.92 Å². The number of aromatic hydroxyl groups is 1. The number of pyridine rings is 1. The van der Waals surface area contributed by atoms with Crippen molar-refractivity contribution in [2.24, 2.45) is 5.73 Å². The molecule has 4 aromatic rings. The van der Waals surface area contributed by atoms with Crippen LogP contribution in [0.3, 0.4) is 0 Å². The minimum Gasteiger partial charge on any atom is -0.507 e. The number of hydrogen-bond acceptors (Lipinski definition) is 8. The van der Waals surface area contributed by atoms with E-state index in [1.807, 2.05) is 32.9 Å². The second-order valence-corrected chi connectivity index (χ2v) is 8.90. The number of fused-ring (bicyclic) bond motifs is 2. The molecule has 0 bridgehead atoms. The number of benzene rings is 1. The lowest BCUT2D eigenvalue weighted by Gasteiger charge is -2.15. The van der Waals surface area contributed by atoms with E-state index in [2.05, 4.69) is 24.8 Å². The molecule has 1 aromatic carbocycles. The van der Waals surface area contributed by atoms with Crippen LogP contribution in [0.1, 0.15) is 39.5 Å². The molecular formula is C23H28N6O2. The highest BCUT2D eigenvalue weighted by Gasteiger charge is 2.16. The van der Waals surface area contributed by atoms with Crippen molar-refractivity contribution in [1.29, 1.82) is 0 Å². The normalized spacial score (nSPS) is 14.2. The third-order valence-electron chi connectivity index (χ3n) is 4.70. The first-order valence-corrected chi connectivity index (χ1v) is 10.5. The predicted molar refractivity (Wildman–Crippen MR) is 122 cm³/mol. The van der Waals surface area contributed by atoms with Crippen LogP contribution in [0.25, 0.3) is 33.4 Å². The first-order valence-electron chi connectivity index (χ1n) is 10.5. The van der Waals surface area contributed by atoms with Gasteiger partial charge in [-0.25, -0.2) is 19.9 Å². The molecule has 8 heteroatoms. The smallest absolute Gasteiger partial charge is 0.225 e. The Morgan fingerprint density at radius 1 is 1.00 bits per heavy atom. The van der Waals surface area contributed by atoms with Crippen molar-refractivity contribution < 1.29 is 9.52 Å². The molecule has 1 aliphatic heterocycles. The zero-order valence-electron chi connectivity index (χ0n) is 18.4. The number of aromatic nitrogens is 4. The van der Waals surface area contributed by atoms with Gasteiger partial charge in [0.2, 0.25) is 5.95 Å². The topological polar surface area (TPSA) is 114 Å². The Morgan fingerprint density at radius 2 is 1.71 bits per heavy atom. The van der Waals surface area contributed by atoms with Gasteiger partial charge in [0.1, 0.15) is 16.8 Å². The number of anilines is 1. The molecule has 0 unspecified atom stereocenters. The van der Waals surface area contributed by atoms with Gasteiger partial charge in [0.25, 0.3) is 0 Å². The van der Waals surface area contributed by atoms with Crippen molar-refractivity contribution in [3.63, 3.8) is 0 Å². The summed E-state index contributed by atoms with van der Waals surface area (Å²) in [5, 5.41) is 10.4. The molecule has 3 N–H and O–H groups in total. The summed E-state index contributed by atoms with van der Waals surface area (Å²) in [5.41, 5.74) is 9.33. The van der Waals surface area contributed by atoms with Gasteiger partial charge >= 0.3 is 0 Å². The van der Waals surface area contributed by atoms with Crippen molar-refractivity contribution in [2.75, 3.05) is 18.0 Å². The monoisotopic (exact) mass is 420 g/mol. The summed E-state index contributed by atoms with van der Waals surface area (Å²) in [4.78, 5) is 20.1. The second kappa shape index (κ2) is 8.11. The molecule has 3 aromatic heterocycles. The summed E-state index contributed by atoms with van der Waals surface area (Å²) < 4.78 is 5.57. The molecule has 0 spiro atoms. The van der Waals surface area contributed by atoms with E-state index in [0.29, 0.717) is 33.8 Å². The molecule has 8 nitrogen and oxygen atoms in total. The van der Waals surface area contributed by atoms with Crippen molar-refractivity contribution in [1.82, 2.24) is 19.9 Å². The minimum atomic E-state index is 0. The Balaban J connectivity index is 0.000000418. The number of nitrogens with zero attached hydrogens (tertiary/aromatic N) is 5. The van der Waals surface area contributed by atoms with Gasteiger partial charge in [-0.3, -0.25) is 0 Å². The average Bonchev–Trinajstić information content (AvgIpc) is 3.34. The molecule has 0 aliphatic carbocycles. The van der Waals surface area contributed by atoms with Crippen LogP contribution in [0.15, 0.2) is 34.9 Å². The van der Waals surface area contributed by atoms with Crippen molar-refractivity contribution in [2.45, 2.75) is 46.1 Å². The van der Waals surface area contributed by atoms with Gasteiger partial charge in [-0.2, -0.15) is 0 Å². The highest BCUT2D eigenvalue weighted by Crippen LogP contribution is 2.33. The Morgan fingerprint density at radius 3 is 2.42 bits per heavy atom. The van der Waals surface area contributed by atoms with Crippen LogP contribution in [0.4, 0.5) is 5.95 Å². The quantitative estimate of drug-likeness (QED) is 0.496. The Kier molecular flexibility index (Phi) is 5.49. The number of phenols is 1. The van der Waals surface area contributed by atoms with E-state index in [4.69, 9.17) is 10.2 Å². The number of aryl methyl sites for hydroxylation is 1. The van der Waals surface area contributed by atoms with Gasteiger partial charge in [-0.1, -0.05) is 0 Å². The number of phenolic OH excluding ortho intramolecular Hbond substituents is 1. The highest BCUT2D eigenvalue weighted by molar-refractivity contribution is 5.86. The van der Waals surface area contributed by atoms with E-state index < -0.39 is 0 Å². The van der Waals surface area contributed by atoms with Gasteiger partial charge in [0, 0.05) is 37.2 Å². The molecule has 31 heavy (non-hydrogen) atoms. The maximum atomic E-state index is 10.4. The fraction of sp³-hybridized carbons (Fsp3) is 0.391. The Bertz CT molecular complexity index is 1220. The summed E-state index contributed by atoms with van der Waals surface area (Å²) in [6.07, 6.45) is 4.11. The van der Waals surface area contributed by atoms with Crippen LogP contribution in [-0.2, 0) is 0 Å². The predicted octanol–water partition coefficient (Wildman–Crippen LogP) is 4.19. The lowest BCUT2D eigenvalue weighted by Crippen LogP contribution is -2.26. The summed E-state index contributed by atoms with van der Waals surface area (Å²) in [7, 11) is 0. The van der Waals surface area contributed by atoms with Crippen molar-refractivity contribution in [3.05, 3.63) is 36.4 Å². The lowest BCUT2D eigenvalue weighted by molar-refractivity contribution is 0.477. The van der Waals surface area contributed by atoms with Gasteiger partial charge in [0.05, 0.1) is 17.4 Å². The summed E-state index contributed by atoms with van der Waals surface area (Å²) in [6.45, 7) is 9.68. The third-order valence-corrected chi connectivity index (χ3v) is 4.70. The molecule has 1 aliphatic rings. The SMILES string of the molecule is CC(C)(C)N.Cc1nc2cc(O)c(-c3ccc4nc(N5CCCC5)ncc4n3)cc2o1. The fourth-order valence-electron chi connectivity index (χ4n) is 3.42. The third kappa shape index (κ3) is 4.91. The number of rotatable bonds is 2. The molecule has 5 rings (SSSR count). The summed E-state index contributed by atoms with van der Waals surface area (Å²) in [5.74, 6) is 1.43. The molecule has 0 atom stereocenters. The van der Waals surface area contributed by atoms with E-state index >= 15 is 0 Å². The largest absolute Gasteiger partial charge is 0.507 e. The van der Waals surface area contributed by atoms with Crippen LogP contribution < -0.4 is 10.6 Å². The van der Waals surface area contributed by atoms with Gasteiger partial charge < -0.3 is 20.2 Å². The molecule has 0 saturated carbocycles. The molecule has 1 saturated heterocycles. The number of hydrogen-bond donors (Lipinski definition) is 2. The van der Waals surface area contributed by atoms with E-state index in [0.717, 1.165) is 24.6 Å². The van der Waals surface area contributed by atoms with E-state index in [1.165, 1.54) is 12.8 Å². The molecule has 0 amide bonds. The van der Waals surface area contributed by atoms with E-state index in [-0.39, 0.29) is 11.3 Å². The van der Waals surface area contributed by atoms with Crippen molar-refractivity contribution in [3.8, 4) is 17.0 Å². The number of oxazole rings is 1. The maximum absolute atomic E-state index is 10.4. The Hall–Kier alpha value is -3.26. The number of nitrogens with two attached hydrogens (primary N) is 1. The standard InChI is InChI=1S/C19H17N5O2.C4H11N/c1-11-21-15-9-17(25)12(8-18(15)26-11)13-4-5-14-16(22-13)10-20-19(23-14)24-6-2-3-7-24;1-4(2,3)5/h4-5,8-10,25H,2-3,6-7H2,1H3;5H2,1-3H3. The molecule has 0 radical (unpaired) electrons. The minimum absolute atomic E-state index is 0. The zero-order chi connectivity index (χ0) is 22.2. The first kappa shape index (κ1) is 21.0. The first-order chi connectivity index (χ1) is 14.7. The molecule has 1 fully saturated rings. The van der Waals surface area contributed by atoms with Crippen LogP contribution >= 0.6 is 0 Å². The highest BCUT2D eigenvalue weighted by atomic mass is 16.3.